The van der Waals surface area contributed by atoms with E-state index in [0.29, 0.717) is 6.54 Å². The van der Waals surface area contributed by atoms with Crippen molar-refractivity contribution in [1.29, 1.82) is 5.26 Å². The molecule has 0 amide bonds. The van der Waals surface area contributed by atoms with Crippen LogP contribution in [0.25, 0.3) is 0 Å². The van der Waals surface area contributed by atoms with Crippen molar-refractivity contribution in [3.63, 3.8) is 0 Å². The SMILES string of the molecule is N#C/C=N/NCCO. The summed E-state index contributed by atoms with van der Waals surface area (Å²) in [6.07, 6.45) is 1.07. The number of hydrogen-bond acceptors (Lipinski definition) is 4. The van der Waals surface area contributed by atoms with E-state index < -0.39 is 0 Å². The molecule has 0 aromatic carbocycles. The van der Waals surface area contributed by atoms with E-state index in [1.54, 1.807) is 6.07 Å². The minimum Gasteiger partial charge on any atom is -0.394 e. The van der Waals surface area contributed by atoms with Crippen LogP contribution < -0.4 is 5.43 Å². The van der Waals surface area contributed by atoms with Gasteiger partial charge in [0, 0.05) is 0 Å². The van der Waals surface area contributed by atoms with Gasteiger partial charge in [-0.25, -0.2) is 0 Å². The molecule has 0 bridgehead atoms. The smallest absolute Gasteiger partial charge is 0.124 e. The highest BCUT2D eigenvalue weighted by molar-refractivity contribution is 5.74. The van der Waals surface area contributed by atoms with Crippen molar-refractivity contribution >= 4 is 6.21 Å². The molecule has 8 heavy (non-hydrogen) atoms. The van der Waals surface area contributed by atoms with Crippen LogP contribution in [0.1, 0.15) is 0 Å². The van der Waals surface area contributed by atoms with E-state index in [1.165, 1.54) is 0 Å². The van der Waals surface area contributed by atoms with Gasteiger partial charge in [-0.05, 0) is 0 Å². The van der Waals surface area contributed by atoms with Crippen molar-refractivity contribution in [2.45, 2.75) is 0 Å². The van der Waals surface area contributed by atoms with Crippen LogP contribution in [0, 0.1) is 11.3 Å². The fraction of sp³-hybridized carbons (Fsp3) is 0.500. The van der Waals surface area contributed by atoms with Gasteiger partial charge in [0.1, 0.15) is 12.3 Å². The molecule has 0 saturated carbocycles. The maximum atomic E-state index is 8.15. The van der Waals surface area contributed by atoms with Crippen molar-refractivity contribution in [3.8, 4) is 6.07 Å². The summed E-state index contributed by atoms with van der Waals surface area (Å²) in [6, 6.07) is 1.69. The molecular formula is C4H7N3O. The van der Waals surface area contributed by atoms with Crippen molar-refractivity contribution in [2.24, 2.45) is 5.10 Å². The predicted octanol–water partition coefficient (Wildman–Crippen LogP) is -0.922. The number of aliphatic hydroxyl groups excluding tert-OH is 1. The Labute approximate surface area is 47.4 Å². The number of nitrogens with zero attached hydrogens (tertiary/aromatic N) is 2. The minimum absolute atomic E-state index is 0.0305. The molecular weight excluding hydrogens is 106 g/mol. The van der Waals surface area contributed by atoms with E-state index >= 15 is 0 Å². The van der Waals surface area contributed by atoms with Crippen LogP contribution in [0.3, 0.4) is 0 Å². The number of rotatable bonds is 3. The Morgan fingerprint density at radius 3 is 3.12 bits per heavy atom. The Bertz CT molecular complexity index is 104. The average Bonchev–Trinajstić information content (AvgIpc) is 1.81. The Kier molecular flexibility index (Phi) is 5.12. The largest absolute Gasteiger partial charge is 0.394 e. The Morgan fingerprint density at radius 1 is 1.88 bits per heavy atom. The Morgan fingerprint density at radius 2 is 2.62 bits per heavy atom. The second-order valence-electron chi connectivity index (χ2n) is 1.02. The lowest BCUT2D eigenvalue weighted by Crippen LogP contribution is -2.10. The van der Waals surface area contributed by atoms with E-state index in [9.17, 15) is 0 Å². The van der Waals surface area contributed by atoms with Crippen LogP contribution in [-0.4, -0.2) is 24.5 Å². The first-order valence-corrected chi connectivity index (χ1v) is 2.16. The molecule has 0 aliphatic heterocycles. The number of hydrazone groups is 1. The molecule has 0 aliphatic carbocycles. The van der Waals surface area contributed by atoms with Crippen LogP contribution in [0.5, 0.6) is 0 Å². The first-order chi connectivity index (χ1) is 3.91. The summed E-state index contributed by atoms with van der Waals surface area (Å²) in [4.78, 5) is 0. The molecule has 0 saturated heterocycles. The molecule has 0 fully saturated rings. The van der Waals surface area contributed by atoms with Crippen LogP contribution >= 0.6 is 0 Å². The van der Waals surface area contributed by atoms with Gasteiger partial charge in [-0.2, -0.15) is 10.4 Å². The lowest BCUT2D eigenvalue weighted by atomic mass is 10.7. The first-order valence-electron chi connectivity index (χ1n) is 2.16. The zero-order chi connectivity index (χ0) is 6.24. The van der Waals surface area contributed by atoms with Gasteiger partial charge in [0.15, 0.2) is 0 Å². The maximum absolute atomic E-state index is 8.15. The Balaban J connectivity index is 2.94. The van der Waals surface area contributed by atoms with Gasteiger partial charge in [0.05, 0.1) is 13.2 Å². The second-order valence-corrected chi connectivity index (χ2v) is 1.02. The van der Waals surface area contributed by atoms with E-state index in [1.807, 2.05) is 0 Å². The highest BCUT2D eigenvalue weighted by atomic mass is 16.3. The molecule has 0 unspecified atom stereocenters. The van der Waals surface area contributed by atoms with E-state index in [-0.39, 0.29) is 6.61 Å². The Hall–Kier alpha value is -1.08. The third-order valence-corrected chi connectivity index (χ3v) is 0.437. The minimum atomic E-state index is 0.0305. The first kappa shape index (κ1) is 6.92. The van der Waals surface area contributed by atoms with E-state index in [0.717, 1.165) is 6.21 Å². The molecule has 0 aromatic heterocycles. The molecule has 0 heterocycles. The van der Waals surface area contributed by atoms with Crippen molar-refractivity contribution in [3.05, 3.63) is 0 Å². The molecule has 0 radical (unpaired) electrons. The summed E-state index contributed by atoms with van der Waals surface area (Å²) >= 11 is 0. The summed E-state index contributed by atoms with van der Waals surface area (Å²) in [5, 5.41) is 19.4. The fourth-order valence-corrected chi connectivity index (χ4v) is 0.189. The highest BCUT2D eigenvalue weighted by Gasteiger charge is 1.71. The van der Waals surface area contributed by atoms with Gasteiger partial charge < -0.3 is 10.5 Å². The highest BCUT2D eigenvalue weighted by Crippen LogP contribution is 1.54. The van der Waals surface area contributed by atoms with Gasteiger partial charge in [0.25, 0.3) is 0 Å². The average molecular weight is 113 g/mol. The number of aliphatic hydroxyl groups is 1. The summed E-state index contributed by atoms with van der Waals surface area (Å²) in [5.41, 5.74) is 2.43. The van der Waals surface area contributed by atoms with Crippen molar-refractivity contribution < 1.29 is 5.11 Å². The molecule has 0 spiro atoms. The topological polar surface area (TPSA) is 68.4 Å². The van der Waals surface area contributed by atoms with Crippen molar-refractivity contribution in [1.82, 2.24) is 5.43 Å². The number of nitriles is 1. The van der Waals surface area contributed by atoms with Gasteiger partial charge >= 0.3 is 0 Å². The van der Waals surface area contributed by atoms with Gasteiger partial charge in [0.2, 0.25) is 0 Å². The zero-order valence-electron chi connectivity index (χ0n) is 4.33. The molecule has 2 N–H and O–H groups in total. The van der Waals surface area contributed by atoms with Crippen molar-refractivity contribution in [2.75, 3.05) is 13.2 Å². The lowest BCUT2D eigenvalue weighted by Gasteiger charge is -1.89. The molecule has 0 aromatic rings. The molecule has 0 aliphatic rings. The summed E-state index contributed by atoms with van der Waals surface area (Å²) in [5.74, 6) is 0. The summed E-state index contributed by atoms with van der Waals surface area (Å²) < 4.78 is 0. The van der Waals surface area contributed by atoms with E-state index in [4.69, 9.17) is 10.4 Å². The summed E-state index contributed by atoms with van der Waals surface area (Å²) in [7, 11) is 0. The third kappa shape index (κ3) is 4.92. The van der Waals surface area contributed by atoms with Gasteiger partial charge in [-0.3, -0.25) is 0 Å². The monoisotopic (exact) mass is 113 g/mol. The van der Waals surface area contributed by atoms with Crippen LogP contribution in [-0.2, 0) is 0 Å². The standard InChI is InChI=1S/C4H7N3O/c5-1-2-6-7-3-4-8/h2,7-8H,3-4H2/b6-2+. The molecule has 4 nitrogen and oxygen atoms in total. The number of hydrogen-bond donors (Lipinski definition) is 2. The quantitative estimate of drug-likeness (QED) is 0.282. The van der Waals surface area contributed by atoms with E-state index in [2.05, 4.69) is 10.5 Å². The second kappa shape index (κ2) is 5.92. The predicted molar refractivity (Wildman–Crippen MR) is 29.2 cm³/mol. The third-order valence-electron chi connectivity index (χ3n) is 0.437. The van der Waals surface area contributed by atoms with Crippen LogP contribution in [0.2, 0.25) is 0 Å². The molecule has 4 heteroatoms. The van der Waals surface area contributed by atoms with Crippen LogP contribution in [0.15, 0.2) is 5.10 Å². The van der Waals surface area contributed by atoms with Gasteiger partial charge in [-0.1, -0.05) is 0 Å². The lowest BCUT2D eigenvalue weighted by molar-refractivity contribution is 0.294. The maximum Gasteiger partial charge on any atom is 0.124 e. The molecule has 0 atom stereocenters. The normalized spacial score (nSPS) is 9.00. The van der Waals surface area contributed by atoms with Crippen LogP contribution in [0.4, 0.5) is 0 Å². The number of nitrogens with one attached hydrogen (secondary N) is 1. The summed E-state index contributed by atoms with van der Waals surface area (Å²) in [6.45, 7) is 0.418. The molecule has 0 rings (SSSR count). The molecule has 44 valence electrons. The fourth-order valence-electron chi connectivity index (χ4n) is 0.189. The zero-order valence-corrected chi connectivity index (χ0v) is 4.33. The van der Waals surface area contributed by atoms with Gasteiger partial charge in [-0.15, -0.1) is 0 Å².